The predicted molar refractivity (Wildman–Crippen MR) is 115 cm³/mol. The van der Waals surface area contributed by atoms with Crippen LogP contribution in [0.4, 0.5) is 5.69 Å². The fourth-order valence-electron chi connectivity index (χ4n) is 2.80. The highest BCUT2D eigenvalue weighted by molar-refractivity contribution is 6.04. The second-order valence-corrected chi connectivity index (χ2v) is 6.97. The molecule has 0 atom stereocenters. The second kappa shape index (κ2) is 12.8. The topological polar surface area (TPSA) is 47.6 Å². The molecule has 2 aromatic rings. The summed E-state index contributed by atoms with van der Waals surface area (Å²) in [5.41, 5.74) is 1.36. The van der Waals surface area contributed by atoms with Crippen LogP contribution in [0, 0.1) is 0 Å². The molecule has 152 valence electrons. The van der Waals surface area contributed by atoms with Crippen molar-refractivity contribution in [1.29, 1.82) is 0 Å². The van der Waals surface area contributed by atoms with E-state index in [0.29, 0.717) is 5.56 Å². The molecule has 4 nitrogen and oxygen atoms in total. The summed E-state index contributed by atoms with van der Waals surface area (Å²) in [6, 6.07) is 14.8. The average molecular weight is 384 g/mol. The lowest BCUT2D eigenvalue weighted by Gasteiger charge is -2.09. The number of carbonyl (C=O) groups is 1. The van der Waals surface area contributed by atoms with Crippen molar-refractivity contribution in [2.24, 2.45) is 0 Å². The number of unbranched alkanes of at least 4 members (excludes halogenated alkanes) is 5. The van der Waals surface area contributed by atoms with Gasteiger partial charge in [-0.15, -0.1) is 0 Å². The molecule has 0 fully saturated rings. The molecule has 1 amide bonds. The molecule has 4 heteroatoms. The van der Waals surface area contributed by atoms with E-state index in [4.69, 9.17) is 9.47 Å². The first-order chi connectivity index (χ1) is 13.7. The van der Waals surface area contributed by atoms with E-state index in [1.54, 1.807) is 12.1 Å². The molecule has 0 aliphatic rings. The highest BCUT2D eigenvalue weighted by Crippen LogP contribution is 2.18. The Bertz CT molecular complexity index is 680. The standard InChI is InChI=1S/C24H33NO3/c1-3-5-7-9-19-28-22-14-10-20(11-15-22)24(26)25-21-12-16-23(17-13-21)27-18-8-6-4-2/h10-17H,3-9,18-19H2,1-2H3,(H,25,26). The van der Waals surface area contributed by atoms with E-state index in [1.807, 2.05) is 36.4 Å². The van der Waals surface area contributed by atoms with E-state index in [9.17, 15) is 4.79 Å². The summed E-state index contributed by atoms with van der Waals surface area (Å²) < 4.78 is 11.4. The van der Waals surface area contributed by atoms with Crippen LogP contribution in [-0.2, 0) is 0 Å². The Labute approximate surface area is 169 Å². The van der Waals surface area contributed by atoms with Crippen LogP contribution in [-0.4, -0.2) is 19.1 Å². The Morgan fingerprint density at radius 2 is 1.21 bits per heavy atom. The summed E-state index contributed by atoms with van der Waals surface area (Å²) in [4.78, 5) is 12.4. The van der Waals surface area contributed by atoms with Gasteiger partial charge in [0.15, 0.2) is 0 Å². The van der Waals surface area contributed by atoms with Gasteiger partial charge in [0.25, 0.3) is 5.91 Å². The largest absolute Gasteiger partial charge is 0.494 e. The van der Waals surface area contributed by atoms with Gasteiger partial charge < -0.3 is 14.8 Å². The van der Waals surface area contributed by atoms with Gasteiger partial charge in [-0.25, -0.2) is 0 Å². The average Bonchev–Trinajstić information content (AvgIpc) is 2.72. The molecule has 0 unspecified atom stereocenters. The van der Waals surface area contributed by atoms with Gasteiger partial charge in [0.05, 0.1) is 13.2 Å². The van der Waals surface area contributed by atoms with Crippen LogP contribution in [0.5, 0.6) is 11.5 Å². The zero-order valence-electron chi connectivity index (χ0n) is 17.2. The summed E-state index contributed by atoms with van der Waals surface area (Å²) in [7, 11) is 0. The number of ether oxygens (including phenoxy) is 2. The summed E-state index contributed by atoms with van der Waals surface area (Å²) in [6.45, 7) is 5.82. The minimum absolute atomic E-state index is 0.133. The number of rotatable bonds is 13. The number of benzene rings is 2. The van der Waals surface area contributed by atoms with Crippen LogP contribution < -0.4 is 14.8 Å². The van der Waals surface area contributed by atoms with Crippen molar-refractivity contribution in [1.82, 2.24) is 0 Å². The molecular weight excluding hydrogens is 350 g/mol. The summed E-state index contributed by atoms with van der Waals surface area (Å²) in [5.74, 6) is 1.50. The van der Waals surface area contributed by atoms with Crippen molar-refractivity contribution in [2.75, 3.05) is 18.5 Å². The monoisotopic (exact) mass is 383 g/mol. The first-order valence-electron chi connectivity index (χ1n) is 10.5. The lowest BCUT2D eigenvalue weighted by Crippen LogP contribution is -2.11. The zero-order valence-corrected chi connectivity index (χ0v) is 17.2. The third-order valence-corrected chi connectivity index (χ3v) is 4.51. The highest BCUT2D eigenvalue weighted by atomic mass is 16.5. The molecule has 0 spiro atoms. The fourth-order valence-corrected chi connectivity index (χ4v) is 2.80. The first kappa shape index (κ1) is 21.8. The van der Waals surface area contributed by atoms with Crippen molar-refractivity contribution in [2.45, 2.75) is 58.8 Å². The Morgan fingerprint density at radius 3 is 1.79 bits per heavy atom. The molecule has 0 bridgehead atoms. The second-order valence-electron chi connectivity index (χ2n) is 6.97. The zero-order chi connectivity index (χ0) is 20.0. The number of amides is 1. The van der Waals surface area contributed by atoms with Gasteiger partial charge >= 0.3 is 0 Å². The van der Waals surface area contributed by atoms with Gasteiger partial charge in [-0.1, -0.05) is 46.0 Å². The molecule has 2 rings (SSSR count). The molecule has 0 aliphatic heterocycles. The number of nitrogens with one attached hydrogen (secondary N) is 1. The van der Waals surface area contributed by atoms with Gasteiger partial charge in [0.2, 0.25) is 0 Å². The normalized spacial score (nSPS) is 10.5. The Hall–Kier alpha value is -2.49. The van der Waals surface area contributed by atoms with Gasteiger partial charge in [0.1, 0.15) is 11.5 Å². The van der Waals surface area contributed by atoms with Crippen LogP contribution in [0.1, 0.15) is 69.2 Å². The molecule has 0 saturated heterocycles. The van der Waals surface area contributed by atoms with Crippen molar-refractivity contribution in [3.8, 4) is 11.5 Å². The highest BCUT2D eigenvalue weighted by Gasteiger charge is 2.07. The van der Waals surface area contributed by atoms with Crippen molar-refractivity contribution in [3.05, 3.63) is 54.1 Å². The predicted octanol–water partition coefficient (Wildman–Crippen LogP) is 6.47. The van der Waals surface area contributed by atoms with E-state index >= 15 is 0 Å². The molecule has 0 saturated carbocycles. The quantitative estimate of drug-likeness (QED) is 0.403. The minimum Gasteiger partial charge on any atom is -0.494 e. The molecule has 2 aromatic carbocycles. The number of carbonyl (C=O) groups excluding carboxylic acids is 1. The molecule has 1 N–H and O–H groups in total. The van der Waals surface area contributed by atoms with Gasteiger partial charge in [0, 0.05) is 11.3 Å². The van der Waals surface area contributed by atoms with Crippen LogP contribution in [0.3, 0.4) is 0 Å². The van der Waals surface area contributed by atoms with Crippen molar-refractivity contribution in [3.63, 3.8) is 0 Å². The fraction of sp³-hybridized carbons (Fsp3) is 0.458. The number of hydrogen-bond acceptors (Lipinski definition) is 3. The van der Waals surface area contributed by atoms with Crippen LogP contribution in [0.25, 0.3) is 0 Å². The number of hydrogen-bond donors (Lipinski definition) is 1. The molecule has 0 heterocycles. The van der Waals surface area contributed by atoms with Crippen LogP contribution >= 0.6 is 0 Å². The minimum atomic E-state index is -0.133. The van der Waals surface area contributed by atoms with Crippen LogP contribution in [0.2, 0.25) is 0 Å². The first-order valence-corrected chi connectivity index (χ1v) is 10.5. The summed E-state index contributed by atoms with van der Waals surface area (Å²) in [5, 5.41) is 2.91. The van der Waals surface area contributed by atoms with Crippen LogP contribution in [0.15, 0.2) is 48.5 Å². The maximum Gasteiger partial charge on any atom is 0.255 e. The molecule has 0 aromatic heterocycles. The lowest BCUT2D eigenvalue weighted by atomic mass is 10.2. The van der Waals surface area contributed by atoms with E-state index in [-0.39, 0.29) is 5.91 Å². The smallest absolute Gasteiger partial charge is 0.255 e. The van der Waals surface area contributed by atoms with E-state index < -0.39 is 0 Å². The Kier molecular flexibility index (Phi) is 9.98. The van der Waals surface area contributed by atoms with E-state index in [0.717, 1.165) is 43.2 Å². The van der Waals surface area contributed by atoms with Gasteiger partial charge in [-0.05, 0) is 61.4 Å². The third-order valence-electron chi connectivity index (χ3n) is 4.51. The third kappa shape index (κ3) is 8.03. The molecule has 0 radical (unpaired) electrons. The van der Waals surface area contributed by atoms with Gasteiger partial charge in [-0.2, -0.15) is 0 Å². The molecule has 28 heavy (non-hydrogen) atoms. The summed E-state index contributed by atoms with van der Waals surface area (Å²) >= 11 is 0. The van der Waals surface area contributed by atoms with E-state index in [1.165, 1.54) is 32.1 Å². The van der Waals surface area contributed by atoms with Crippen molar-refractivity contribution < 1.29 is 14.3 Å². The Morgan fingerprint density at radius 1 is 0.714 bits per heavy atom. The molecular formula is C24H33NO3. The van der Waals surface area contributed by atoms with E-state index in [2.05, 4.69) is 19.2 Å². The molecule has 0 aliphatic carbocycles. The summed E-state index contributed by atoms with van der Waals surface area (Å²) in [6.07, 6.45) is 8.14. The SMILES string of the molecule is CCCCCCOc1ccc(C(=O)Nc2ccc(OCCCCC)cc2)cc1. The van der Waals surface area contributed by atoms with Gasteiger partial charge in [-0.3, -0.25) is 4.79 Å². The van der Waals surface area contributed by atoms with Crippen molar-refractivity contribution >= 4 is 11.6 Å². The maximum absolute atomic E-state index is 12.4. The maximum atomic E-state index is 12.4. The Balaban J connectivity index is 1.77. The lowest BCUT2D eigenvalue weighted by molar-refractivity contribution is 0.102. The number of anilines is 1.